The molecular formula is C17H14ClF3N6O2. The van der Waals surface area contributed by atoms with Gasteiger partial charge in [0.25, 0.3) is 0 Å². The number of imidazole rings is 1. The zero-order chi connectivity index (χ0) is 20.9. The molecule has 12 heteroatoms. The van der Waals surface area contributed by atoms with E-state index in [1.54, 1.807) is 16.8 Å². The lowest BCUT2D eigenvalue weighted by Crippen LogP contribution is -2.20. The summed E-state index contributed by atoms with van der Waals surface area (Å²) in [4.78, 5) is 6.41. The van der Waals surface area contributed by atoms with Gasteiger partial charge < -0.3 is 24.0 Å². The highest BCUT2D eigenvalue weighted by atomic mass is 35.5. The second kappa shape index (κ2) is 6.78. The molecule has 1 aromatic carbocycles. The van der Waals surface area contributed by atoms with Gasteiger partial charge in [0.1, 0.15) is 23.1 Å². The number of hydrogen-bond donors (Lipinski definition) is 2. The fourth-order valence-corrected chi connectivity index (χ4v) is 3.40. The molecule has 0 bridgehead atoms. The number of alkyl halides is 2. The first kappa shape index (κ1) is 19.3. The molecule has 0 aliphatic heterocycles. The number of aromatic nitrogens is 6. The second-order valence-electron chi connectivity index (χ2n) is 6.21. The molecular weight excluding hydrogens is 413 g/mol. The van der Waals surface area contributed by atoms with Crippen LogP contribution in [0, 0.1) is 5.82 Å². The van der Waals surface area contributed by atoms with Crippen molar-refractivity contribution in [2.75, 3.05) is 13.7 Å². The molecule has 0 spiro atoms. The number of H-pyrrole nitrogens is 1. The smallest absolute Gasteiger partial charge is 0.329 e. The Kier molecular flexibility index (Phi) is 4.50. The number of nitrogens with one attached hydrogen (secondary N) is 1. The molecule has 0 saturated carbocycles. The van der Waals surface area contributed by atoms with Crippen LogP contribution in [0.4, 0.5) is 13.2 Å². The Labute approximate surface area is 166 Å². The van der Waals surface area contributed by atoms with Gasteiger partial charge in [0.15, 0.2) is 11.6 Å². The minimum atomic E-state index is -3.61. The van der Waals surface area contributed by atoms with Gasteiger partial charge in [-0.1, -0.05) is 11.6 Å². The lowest BCUT2D eigenvalue weighted by molar-refractivity contribution is -0.0627. The number of aliphatic hydroxyl groups is 1. The minimum Gasteiger partial charge on any atom is -0.495 e. The largest absolute Gasteiger partial charge is 0.495 e. The average molecular weight is 427 g/mol. The van der Waals surface area contributed by atoms with E-state index in [4.69, 9.17) is 21.4 Å². The zero-order valence-corrected chi connectivity index (χ0v) is 15.9. The summed E-state index contributed by atoms with van der Waals surface area (Å²) in [6.45, 7) is -1.44. The van der Waals surface area contributed by atoms with Crippen LogP contribution in [-0.2, 0) is 13.0 Å². The normalized spacial score (nSPS) is 12.1. The second-order valence-corrected chi connectivity index (χ2v) is 6.59. The molecule has 0 unspecified atom stereocenters. The number of aliphatic hydroxyl groups excluding tert-OH is 1. The summed E-state index contributed by atoms with van der Waals surface area (Å²) in [6, 6.07) is 1.54. The van der Waals surface area contributed by atoms with Gasteiger partial charge in [0.05, 0.1) is 24.6 Å². The van der Waals surface area contributed by atoms with Gasteiger partial charge in [-0.15, -0.1) is 10.2 Å². The van der Waals surface area contributed by atoms with E-state index in [1.807, 2.05) is 0 Å². The van der Waals surface area contributed by atoms with Gasteiger partial charge >= 0.3 is 5.92 Å². The Morgan fingerprint density at radius 2 is 2.10 bits per heavy atom. The first-order chi connectivity index (χ1) is 13.8. The predicted molar refractivity (Wildman–Crippen MR) is 97.9 cm³/mol. The van der Waals surface area contributed by atoms with Crippen molar-refractivity contribution in [3.63, 3.8) is 0 Å². The fourth-order valence-electron chi connectivity index (χ4n) is 3.18. The third-order valence-electron chi connectivity index (χ3n) is 4.54. The molecule has 4 aromatic rings. The Morgan fingerprint density at radius 1 is 1.34 bits per heavy atom. The Morgan fingerprint density at radius 3 is 2.72 bits per heavy atom. The Bertz CT molecular complexity index is 1200. The van der Waals surface area contributed by atoms with Crippen LogP contribution in [0.2, 0.25) is 5.02 Å². The van der Waals surface area contributed by atoms with Crippen molar-refractivity contribution in [3.8, 4) is 23.0 Å². The van der Waals surface area contributed by atoms with Crippen molar-refractivity contribution in [3.05, 3.63) is 41.5 Å². The van der Waals surface area contributed by atoms with Crippen LogP contribution in [0.25, 0.3) is 28.1 Å². The maximum Gasteiger partial charge on any atom is 0.329 e. The molecule has 152 valence electrons. The molecule has 4 rings (SSSR count). The highest BCUT2D eigenvalue weighted by Crippen LogP contribution is 2.41. The molecule has 0 radical (unpaired) electrons. The van der Waals surface area contributed by atoms with E-state index in [0.29, 0.717) is 11.1 Å². The van der Waals surface area contributed by atoms with Crippen LogP contribution in [0.1, 0.15) is 5.82 Å². The van der Waals surface area contributed by atoms with Crippen LogP contribution < -0.4 is 4.74 Å². The summed E-state index contributed by atoms with van der Waals surface area (Å²) in [5.41, 5.74) is 0.777. The first-order valence-corrected chi connectivity index (χ1v) is 8.62. The molecule has 8 nitrogen and oxygen atoms in total. The van der Waals surface area contributed by atoms with Crippen LogP contribution in [0.3, 0.4) is 0 Å². The number of fused-ring (bicyclic) bond motifs is 1. The third-order valence-corrected chi connectivity index (χ3v) is 4.89. The number of benzene rings is 1. The molecule has 3 heterocycles. The van der Waals surface area contributed by atoms with E-state index >= 15 is 4.39 Å². The molecule has 0 saturated heterocycles. The molecule has 0 aliphatic carbocycles. The maximum absolute atomic E-state index is 15.0. The van der Waals surface area contributed by atoms with Crippen LogP contribution >= 0.6 is 11.6 Å². The zero-order valence-electron chi connectivity index (χ0n) is 15.1. The van der Waals surface area contributed by atoms with Crippen molar-refractivity contribution in [2.24, 2.45) is 7.05 Å². The van der Waals surface area contributed by atoms with Gasteiger partial charge in [0.2, 0.25) is 5.82 Å². The van der Waals surface area contributed by atoms with Crippen LogP contribution in [-0.4, -0.2) is 48.1 Å². The highest BCUT2D eigenvalue weighted by molar-refractivity contribution is 6.33. The van der Waals surface area contributed by atoms with E-state index in [1.165, 1.54) is 31.2 Å². The fraction of sp³-hybridized carbons (Fsp3) is 0.235. The summed E-state index contributed by atoms with van der Waals surface area (Å²) in [5.74, 6) is -5.10. The van der Waals surface area contributed by atoms with Crippen LogP contribution in [0.15, 0.2) is 24.8 Å². The molecule has 0 atom stereocenters. The van der Waals surface area contributed by atoms with Crippen LogP contribution in [0.5, 0.6) is 5.75 Å². The number of hydrogen-bond acceptors (Lipinski definition) is 5. The molecule has 0 amide bonds. The summed E-state index contributed by atoms with van der Waals surface area (Å²) < 4.78 is 50.8. The third kappa shape index (κ3) is 2.85. The Balaban J connectivity index is 2.08. The van der Waals surface area contributed by atoms with E-state index in [0.717, 1.165) is 0 Å². The molecule has 0 fully saturated rings. The number of halogens is 4. The summed E-state index contributed by atoms with van der Waals surface area (Å²) in [6.07, 6.45) is 4.59. The van der Waals surface area contributed by atoms with Gasteiger partial charge in [-0.05, 0) is 6.07 Å². The van der Waals surface area contributed by atoms with Crippen molar-refractivity contribution >= 4 is 22.5 Å². The molecule has 29 heavy (non-hydrogen) atoms. The quantitative estimate of drug-likeness (QED) is 0.511. The van der Waals surface area contributed by atoms with E-state index < -0.39 is 24.2 Å². The molecule has 3 aromatic heterocycles. The number of ether oxygens (including phenoxy) is 1. The van der Waals surface area contributed by atoms with Gasteiger partial charge in [-0.3, -0.25) is 0 Å². The van der Waals surface area contributed by atoms with Gasteiger partial charge in [-0.25, -0.2) is 9.37 Å². The minimum absolute atomic E-state index is 0.0509. The number of methoxy groups -OCH3 is 1. The number of nitrogens with zero attached hydrogens (tertiary/aromatic N) is 5. The maximum atomic E-state index is 15.0. The van der Waals surface area contributed by atoms with Gasteiger partial charge in [-0.2, -0.15) is 8.78 Å². The SMILES string of the molecule is COc1cc2c(-n3ccnc3)c(-c3nnc(C(F)(F)CO)[nH]3)n(C)c2c(F)c1Cl. The predicted octanol–water partition coefficient (Wildman–Crippen LogP) is 3.03. The summed E-state index contributed by atoms with van der Waals surface area (Å²) >= 11 is 6.06. The Hall–Kier alpha value is -3.05. The number of rotatable bonds is 5. The van der Waals surface area contributed by atoms with Crippen molar-refractivity contribution in [1.82, 2.24) is 29.3 Å². The molecule has 0 aliphatic rings. The lowest BCUT2D eigenvalue weighted by atomic mass is 10.2. The summed E-state index contributed by atoms with van der Waals surface area (Å²) in [7, 11) is 2.89. The monoisotopic (exact) mass is 426 g/mol. The van der Waals surface area contributed by atoms with E-state index in [-0.39, 0.29) is 27.8 Å². The number of aryl methyl sites for hydroxylation is 1. The van der Waals surface area contributed by atoms with Crippen molar-refractivity contribution in [2.45, 2.75) is 5.92 Å². The van der Waals surface area contributed by atoms with Crippen molar-refractivity contribution < 1.29 is 23.0 Å². The highest BCUT2D eigenvalue weighted by Gasteiger charge is 2.36. The number of aromatic amines is 1. The van der Waals surface area contributed by atoms with Gasteiger partial charge in [0, 0.05) is 24.8 Å². The van der Waals surface area contributed by atoms with E-state index in [9.17, 15) is 8.78 Å². The topological polar surface area (TPSA) is 93.8 Å². The lowest BCUT2D eigenvalue weighted by Gasteiger charge is -2.08. The van der Waals surface area contributed by atoms with E-state index in [2.05, 4.69) is 20.2 Å². The summed E-state index contributed by atoms with van der Waals surface area (Å²) in [5, 5.41) is 16.3. The van der Waals surface area contributed by atoms with Crippen molar-refractivity contribution in [1.29, 1.82) is 0 Å². The first-order valence-electron chi connectivity index (χ1n) is 8.25. The molecule has 2 N–H and O–H groups in total. The average Bonchev–Trinajstić information content (AvgIpc) is 3.43. The standard InChI is InChI=1S/C17H14ClF3N6O2/c1-26-12-8(5-9(29-2)10(18)11(12)19)13(27-4-3-22-7-27)14(26)15-23-16(25-24-15)17(20,21)6-28/h3-5,7,28H,6H2,1-2H3,(H,23,24,25).